The standard InChI is InChI=1S/C21H19N3O3/c25-20-19(23-13-17-9-10-18(21(26)27)24(17)20)22-12-14-5-4-8-16(11-14)15-6-2-1-3-7-15/h1-8,11,13,18H,9-10,12H2,(H,22,23)(H,26,27). The minimum atomic E-state index is -0.983. The van der Waals surface area contributed by atoms with Gasteiger partial charge in [0.05, 0.1) is 0 Å². The topological polar surface area (TPSA) is 84.2 Å². The second kappa shape index (κ2) is 7.07. The highest BCUT2D eigenvalue weighted by atomic mass is 16.4. The molecule has 1 unspecified atom stereocenters. The number of benzene rings is 2. The quantitative estimate of drug-likeness (QED) is 0.729. The molecule has 2 heterocycles. The minimum Gasteiger partial charge on any atom is -0.480 e. The first-order valence-electron chi connectivity index (χ1n) is 8.85. The number of aliphatic carboxylic acids is 1. The SMILES string of the molecule is O=C(O)C1CCc2cnc(NCc3cccc(-c4ccccc4)c3)c(=O)n21. The van der Waals surface area contributed by atoms with E-state index in [0.717, 1.165) is 16.7 Å². The highest BCUT2D eigenvalue weighted by Gasteiger charge is 2.30. The summed E-state index contributed by atoms with van der Waals surface area (Å²) in [5.41, 5.74) is 3.53. The number of nitrogens with one attached hydrogen (secondary N) is 1. The maximum atomic E-state index is 12.7. The number of aromatic nitrogens is 2. The van der Waals surface area contributed by atoms with E-state index in [9.17, 15) is 14.7 Å². The third kappa shape index (κ3) is 3.33. The first-order chi connectivity index (χ1) is 13.1. The van der Waals surface area contributed by atoms with Crippen LogP contribution in [0, 0.1) is 0 Å². The van der Waals surface area contributed by atoms with Crippen molar-refractivity contribution in [1.29, 1.82) is 0 Å². The van der Waals surface area contributed by atoms with Crippen molar-refractivity contribution in [1.82, 2.24) is 9.55 Å². The Morgan fingerprint density at radius 1 is 1.15 bits per heavy atom. The number of aryl methyl sites for hydroxylation is 1. The lowest BCUT2D eigenvalue weighted by Gasteiger charge is -2.12. The van der Waals surface area contributed by atoms with Crippen molar-refractivity contribution < 1.29 is 9.90 Å². The Hall–Kier alpha value is -3.41. The monoisotopic (exact) mass is 361 g/mol. The van der Waals surface area contributed by atoms with Crippen molar-refractivity contribution in [3.63, 3.8) is 0 Å². The number of carboxylic acids is 1. The lowest BCUT2D eigenvalue weighted by Crippen LogP contribution is -2.30. The molecule has 0 saturated heterocycles. The van der Waals surface area contributed by atoms with E-state index in [0.29, 0.717) is 25.1 Å². The van der Waals surface area contributed by atoms with Crippen molar-refractivity contribution >= 4 is 11.8 Å². The van der Waals surface area contributed by atoms with Gasteiger partial charge >= 0.3 is 5.97 Å². The van der Waals surface area contributed by atoms with Crippen molar-refractivity contribution in [3.05, 3.63) is 82.4 Å². The molecule has 6 heteroatoms. The van der Waals surface area contributed by atoms with Crippen molar-refractivity contribution in [2.45, 2.75) is 25.4 Å². The van der Waals surface area contributed by atoms with E-state index in [1.807, 2.05) is 48.5 Å². The smallest absolute Gasteiger partial charge is 0.326 e. The fraction of sp³-hybridized carbons (Fsp3) is 0.190. The molecule has 1 atom stereocenters. The van der Waals surface area contributed by atoms with Gasteiger partial charge in [-0.1, -0.05) is 48.5 Å². The van der Waals surface area contributed by atoms with Gasteiger partial charge in [0.25, 0.3) is 5.56 Å². The van der Waals surface area contributed by atoms with Gasteiger partial charge in [-0.2, -0.15) is 0 Å². The molecule has 136 valence electrons. The van der Waals surface area contributed by atoms with Crippen LogP contribution >= 0.6 is 0 Å². The number of carbonyl (C=O) groups is 1. The summed E-state index contributed by atoms with van der Waals surface area (Å²) in [6.45, 7) is 0.431. The molecule has 0 fully saturated rings. The van der Waals surface area contributed by atoms with E-state index >= 15 is 0 Å². The van der Waals surface area contributed by atoms with Crippen molar-refractivity contribution in [3.8, 4) is 11.1 Å². The zero-order valence-electron chi connectivity index (χ0n) is 14.6. The van der Waals surface area contributed by atoms with Gasteiger partial charge < -0.3 is 10.4 Å². The number of anilines is 1. The third-order valence-electron chi connectivity index (χ3n) is 4.84. The Bertz CT molecular complexity index is 1040. The van der Waals surface area contributed by atoms with Crippen LogP contribution in [0.4, 0.5) is 5.82 Å². The normalized spacial score (nSPS) is 15.3. The molecule has 0 aliphatic carbocycles. The molecule has 2 aromatic carbocycles. The second-order valence-corrected chi connectivity index (χ2v) is 6.59. The molecule has 0 saturated carbocycles. The summed E-state index contributed by atoms with van der Waals surface area (Å²) in [5, 5.41) is 12.4. The van der Waals surface area contributed by atoms with Gasteiger partial charge in [-0.05, 0) is 35.6 Å². The molecule has 3 aromatic rings. The molecular weight excluding hydrogens is 342 g/mol. The Labute approximate surface area is 156 Å². The molecule has 0 radical (unpaired) electrons. The molecule has 2 N–H and O–H groups in total. The van der Waals surface area contributed by atoms with E-state index in [1.54, 1.807) is 6.20 Å². The maximum Gasteiger partial charge on any atom is 0.326 e. The zero-order chi connectivity index (χ0) is 18.8. The lowest BCUT2D eigenvalue weighted by atomic mass is 10.0. The van der Waals surface area contributed by atoms with Crippen LogP contribution in [0.1, 0.15) is 23.7 Å². The van der Waals surface area contributed by atoms with Crippen LogP contribution in [0.3, 0.4) is 0 Å². The van der Waals surface area contributed by atoms with E-state index < -0.39 is 12.0 Å². The van der Waals surface area contributed by atoms with Crippen LogP contribution in [-0.2, 0) is 17.8 Å². The number of rotatable bonds is 5. The van der Waals surface area contributed by atoms with Gasteiger partial charge in [-0.15, -0.1) is 0 Å². The zero-order valence-corrected chi connectivity index (χ0v) is 14.6. The first kappa shape index (κ1) is 17.0. The maximum absolute atomic E-state index is 12.7. The van der Waals surface area contributed by atoms with E-state index in [2.05, 4.69) is 16.4 Å². The van der Waals surface area contributed by atoms with E-state index in [1.165, 1.54) is 4.57 Å². The Balaban J connectivity index is 1.56. The summed E-state index contributed by atoms with van der Waals surface area (Å²) in [6.07, 6.45) is 2.57. The summed E-state index contributed by atoms with van der Waals surface area (Å²) in [5.74, 6) is -0.805. The fourth-order valence-corrected chi connectivity index (χ4v) is 3.47. The molecule has 1 aliphatic rings. The van der Waals surface area contributed by atoms with Crippen LogP contribution in [0.2, 0.25) is 0 Å². The molecule has 6 nitrogen and oxygen atoms in total. The molecular formula is C21H19N3O3. The molecule has 1 aromatic heterocycles. The van der Waals surface area contributed by atoms with Gasteiger partial charge in [-0.3, -0.25) is 9.36 Å². The fourth-order valence-electron chi connectivity index (χ4n) is 3.47. The molecule has 0 bridgehead atoms. The summed E-state index contributed by atoms with van der Waals surface area (Å²) < 4.78 is 1.35. The highest BCUT2D eigenvalue weighted by molar-refractivity contribution is 5.72. The lowest BCUT2D eigenvalue weighted by molar-refractivity contribution is -0.140. The van der Waals surface area contributed by atoms with Gasteiger partial charge in [0.2, 0.25) is 0 Å². The van der Waals surface area contributed by atoms with Crippen LogP contribution in [0.25, 0.3) is 11.1 Å². The summed E-state index contributed by atoms with van der Waals surface area (Å²) >= 11 is 0. The molecule has 0 amide bonds. The molecule has 27 heavy (non-hydrogen) atoms. The minimum absolute atomic E-state index is 0.178. The highest BCUT2D eigenvalue weighted by Crippen LogP contribution is 2.24. The number of carboxylic acid groups (broad SMARTS) is 1. The largest absolute Gasteiger partial charge is 0.480 e. The Morgan fingerprint density at radius 2 is 1.93 bits per heavy atom. The number of hydrogen-bond acceptors (Lipinski definition) is 4. The molecule has 0 spiro atoms. The van der Waals surface area contributed by atoms with Gasteiger partial charge in [-0.25, -0.2) is 9.78 Å². The summed E-state index contributed by atoms with van der Waals surface area (Å²) in [6, 6.07) is 17.3. The van der Waals surface area contributed by atoms with Crippen LogP contribution in [0.15, 0.2) is 65.6 Å². The van der Waals surface area contributed by atoms with Crippen molar-refractivity contribution in [2.24, 2.45) is 0 Å². The first-order valence-corrected chi connectivity index (χ1v) is 8.85. The van der Waals surface area contributed by atoms with Crippen LogP contribution in [-0.4, -0.2) is 20.6 Å². The van der Waals surface area contributed by atoms with Gasteiger partial charge in [0.15, 0.2) is 5.82 Å². The van der Waals surface area contributed by atoms with Crippen molar-refractivity contribution in [2.75, 3.05) is 5.32 Å². The van der Waals surface area contributed by atoms with Gasteiger partial charge in [0, 0.05) is 18.4 Å². The third-order valence-corrected chi connectivity index (χ3v) is 4.84. The molecule has 1 aliphatic heterocycles. The number of fused-ring (bicyclic) bond motifs is 1. The Kier molecular flexibility index (Phi) is 4.46. The number of hydrogen-bond donors (Lipinski definition) is 2. The number of nitrogens with zero attached hydrogens (tertiary/aromatic N) is 2. The molecule has 4 rings (SSSR count). The van der Waals surface area contributed by atoms with Crippen LogP contribution < -0.4 is 10.9 Å². The van der Waals surface area contributed by atoms with Gasteiger partial charge in [0.1, 0.15) is 6.04 Å². The predicted octanol–water partition coefficient (Wildman–Crippen LogP) is 3.09. The second-order valence-electron chi connectivity index (χ2n) is 6.59. The average molecular weight is 361 g/mol. The Morgan fingerprint density at radius 3 is 2.70 bits per heavy atom. The summed E-state index contributed by atoms with van der Waals surface area (Å²) in [7, 11) is 0. The van der Waals surface area contributed by atoms with Crippen LogP contribution in [0.5, 0.6) is 0 Å². The van der Waals surface area contributed by atoms with E-state index in [-0.39, 0.29) is 11.4 Å². The average Bonchev–Trinajstić information content (AvgIpc) is 3.14. The summed E-state index contributed by atoms with van der Waals surface area (Å²) in [4.78, 5) is 28.2. The van der Waals surface area contributed by atoms with E-state index in [4.69, 9.17) is 0 Å². The predicted molar refractivity (Wildman–Crippen MR) is 103 cm³/mol.